The van der Waals surface area contributed by atoms with Crippen LogP contribution < -0.4 is 5.46 Å². The van der Waals surface area contributed by atoms with Crippen LogP contribution in [0.25, 0.3) is 33.1 Å². The lowest BCUT2D eigenvalue weighted by molar-refractivity contribution is -0.147. The minimum Gasteiger partial charge on any atom is -0.394 e. The minimum atomic E-state index is -1.63. The largest absolute Gasteiger partial charge is 0.495 e. The number of aliphatic hydroxyl groups is 4. The molecule has 168 valence electrons. The molecule has 4 N–H and O–H groups in total. The van der Waals surface area contributed by atoms with Gasteiger partial charge in [-0.15, -0.1) is 0 Å². The third-order valence-corrected chi connectivity index (χ3v) is 6.43. The Bertz CT molecular complexity index is 1270. The molecule has 0 spiro atoms. The summed E-state index contributed by atoms with van der Waals surface area (Å²) in [6.45, 7) is -2.49. The SMILES string of the molecule is OCC1(CO)OB(c2ccc(-c3ccc4ccc5cccnc5c4n3)cc2)OC1(CO)CO. The van der Waals surface area contributed by atoms with Gasteiger partial charge in [0.05, 0.1) is 43.2 Å². The van der Waals surface area contributed by atoms with Gasteiger partial charge in [0.1, 0.15) is 11.2 Å². The molecule has 0 amide bonds. The van der Waals surface area contributed by atoms with Crippen molar-refractivity contribution in [1.29, 1.82) is 0 Å². The maximum Gasteiger partial charge on any atom is 0.495 e. The second-order valence-corrected chi connectivity index (χ2v) is 8.22. The van der Waals surface area contributed by atoms with Crippen LogP contribution in [0, 0.1) is 0 Å². The Morgan fingerprint density at radius 1 is 0.697 bits per heavy atom. The van der Waals surface area contributed by atoms with Gasteiger partial charge in [-0.25, -0.2) is 4.98 Å². The molecular formula is C24H23BN2O6. The third kappa shape index (κ3) is 3.41. The Morgan fingerprint density at radius 3 is 1.88 bits per heavy atom. The summed E-state index contributed by atoms with van der Waals surface area (Å²) in [6, 6.07) is 19.2. The summed E-state index contributed by atoms with van der Waals surface area (Å²) in [6.07, 6.45) is 1.75. The van der Waals surface area contributed by atoms with E-state index in [2.05, 4.69) is 4.98 Å². The molecule has 33 heavy (non-hydrogen) atoms. The Labute approximate surface area is 190 Å². The number of fused-ring (bicyclic) bond motifs is 3. The summed E-state index contributed by atoms with van der Waals surface area (Å²) < 4.78 is 11.6. The summed E-state index contributed by atoms with van der Waals surface area (Å²) in [5.74, 6) is 0. The molecular weight excluding hydrogens is 423 g/mol. The van der Waals surface area contributed by atoms with Gasteiger partial charge < -0.3 is 29.7 Å². The zero-order chi connectivity index (χ0) is 23.1. The number of rotatable bonds is 6. The number of aromatic nitrogens is 2. The van der Waals surface area contributed by atoms with Crippen LogP contribution in [0.4, 0.5) is 0 Å². The third-order valence-electron chi connectivity index (χ3n) is 6.43. The molecule has 4 aromatic rings. The van der Waals surface area contributed by atoms with Crippen LogP contribution in [-0.4, -0.2) is 75.1 Å². The molecule has 0 bridgehead atoms. The molecule has 5 rings (SSSR count). The standard InChI is InChI=1S/C24H23BN2O6/c28-12-23(13-29)24(14-30,15-31)33-25(32-23)19-8-5-16(6-9-19)20-10-7-18-4-3-17-2-1-11-26-21(17)22(18)27-20/h1-11,28-31H,12-15H2. The van der Waals surface area contributed by atoms with Crippen molar-refractivity contribution in [1.82, 2.24) is 9.97 Å². The van der Waals surface area contributed by atoms with E-state index in [1.54, 1.807) is 18.3 Å². The first-order chi connectivity index (χ1) is 16.1. The van der Waals surface area contributed by atoms with Crippen molar-refractivity contribution in [2.24, 2.45) is 0 Å². The van der Waals surface area contributed by atoms with E-state index in [0.29, 0.717) is 5.46 Å². The van der Waals surface area contributed by atoms with Crippen molar-refractivity contribution in [2.45, 2.75) is 11.2 Å². The molecule has 0 radical (unpaired) electrons. The summed E-state index contributed by atoms with van der Waals surface area (Å²) >= 11 is 0. The fourth-order valence-electron chi connectivity index (χ4n) is 4.31. The lowest BCUT2D eigenvalue weighted by Crippen LogP contribution is -2.61. The van der Waals surface area contributed by atoms with Gasteiger partial charge in [0, 0.05) is 22.5 Å². The second-order valence-electron chi connectivity index (χ2n) is 8.22. The molecule has 0 aliphatic carbocycles. The van der Waals surface area contributed by atoms with Crippen molar-refractivity contribution in [3.05, 3.63) is 66.9 Å². The molecule has 0 unspecified atom stereocenters. The molecule has 1 fully saturated rings. The molecule has 3 heterocycles. The van der Waals surface area contributed by atoms with Crippen LogP contribution in [0.1, 0.15) is 0 Å². The Hall–Kier alpha value is -2.92. The number of pyridine rings is 2. The van der Waals surface area contributed by atoms with Gasteiger partial charge in [0.2, 0.25) is 0 Å². The minimum absolute atomic E-state index is 0.613. The normalized spacial score (nSPS) is 17.2. The molecule has 0 atom stereocenters. The van der Waals surface area contributed by atoms with Crippen molar-refractivity contribution < 1.29 is 29.7 Å². The van der Waals surface area contributed by atoms with E-state index < -0.39 is 44.7 Å². The van der Waals surface area contributed by atoms with Gasteiger partial charge in [-0.3, -0.25) is 4.98 Å². The van der Waals surface area contributed by atoms with E-state index in [4.69, 9.17) is 14.3 Å². The van der Waals surface area contributed by atoms with Gasteiger partial charge in [0.15, 0.2) is 0 Å². The highest BCUT2D eigenvalue weighted by atomic mass is 16.7. The highest BCUT2D eigenvalue weighted by molar-refractivity contribution is 6.62. The van der Waals surface area contributed by atoms with Crippen molar-refractivity contribution in [2.75, 3.05) is 26.4 Å². The maximum atomic E-state index is 9.83. The predicted molar refractivity (Wildman–Crippen MR) is 124 cm³/mol. The number of hydrogen-bond donors (Lipinski definition) is 4. The van der Waals surface area contributed by atoms with Crippen LogP contribution in [0.3, 0.4) is 0 Å². The van der Waals surface area contributed by atoms with Crippen molar-refractivity contribution in [3.63, 3.8) is 0 Å². The zero-order valence-corrected chi connectivity index (χ0v) is 17.8. The molecule has 1 aliphatic heterocycles. The average Bonchev–Trinajstić information content (AvgIpc) is 3.23. The second kappa shape index (κ2) is 8.46. The first-order valence-electron chi connectivity index (χ1n) is 10.6. The monoisotopic (exact) mass is 446 g/mol. The molecule has 2 aromatic carbocycles. The lowest BCUT2D eigenvalue weighted by atomic mass is 9.78. The molecule has 9 heteroatoms. The van der Waals surface area contributed by atoms with Gasteiger partial charge in [-0.1, -0.05) is 48.5 Å². The summed E-state index contributed by atoms with van der Waals surface area (Å²) in [7, 11) is -0.977. The predicted octanol–water partition coefficient (Wildman–Crippen LogP) is 0.639. The average molecular weight is 446 g/mol. The smallest absolute Gasteiger partial charge is 0.394 e. The molecule has 2 aromatic heterocycles. The van der Waals surface area contributed by atoms with Crippen LogP contribution in [-0.2, 0) is 9.31 Å². The highest BCUT2D eigenvalue weighted by Gasteiger charge is 2.62. The van der Waals surface area contributed by atoms with Crippen LogP contribution in [0.2, 0.25) is 0 Å². The number of hydrogen-bond acceptors (Lipinski definition) is 8. The Kier molecular flexibility index (Phi) is 5.61. The Balaban J connectivity index is 1.48. The van der Waals surface area contributed by atoms with Crippen LogP contribution in [0.5, 0.6) is 0 Å². The Morgan fingerprint density at radius 2 is 1.27 bits per heavy atom. The first kappa shape index (κ1) is 21.9. The number of nitrogens with zero attached hydrogens (tertiary/aromatic N) is 2. The van der Waals surface area contributed by atoms with Crippen molar-refractivity contribution >= 4 is 34.4 Å². The van der Waals surface area contributed by atoms with E-state index in [9.17, 15) is 20.4 Å². The van der Waals surface area contributed by atoms with Crippen LogP contribution in [0.15, 0.2) is 66.9 Å². The molecule has 1 aliphatic rings. The molecule has 0 saturated carbocycles. The summed E-state index contributed by atoms with van der Waals surface area (Å²) in [5, 5.41) is 41.4. The van der Waals surface area contributed by atoms with Gasteiger partial charge >= 0.3 is 7.12 Å². The van der Waals surface area contributed by atoms with E-state index in [-0.39, 0.29) is 0 Å². The van der Waals surface area contributed by atoms with Crippen LogP contribution >= 0.6 is 0 Å². The summed E-state index contributed by atoms with van der Waals surface area (Å²) in [5.41, 5.74) is 0.667. The zero-order valence-electron chi connectivity index (χ0n) is 17.8. The van der Waals surface area contributed by atoms with E-state index >= 15 is 0 Å². The van der Waals surface area contributed by atoms with Crippen molar-refractivity contribution in [3.8, 4) is 11.3 Å². The molecule has 8 nitrogen and oxygen atoms in total. The number of benzene rings is 2. The van der Waals surface area contributed by atoms with Gasteiger partial charge in [-0.05, 0) is 17.6 Å². The topological polar surface area (TPSA) is 125 Å². The first-order valence-corrected chi connectivity index (χ1v) is 10.6. The van der Waals surface area contributed by atoms with Gasteiger partial charge in [0.25, 0.3) is 0 Å². The van der Waals surface area contributed by atoms with E-state index in [0.717, 1.165) is 33.1 Å². The maximum absolute atomic E-state index is 9.83. The van der Waals surface area contributed by atoms with Gasteiger partial charge in [-0.2, -0.15) is 0 Å². The van der Waals surface area contributed by atoms with E-state index in [1.165, 1.54) is 0 Å². The number of aliphatic hydroxyl groups excluding tert-OH is 4. The fourth-order valence-corrected chi connectivity index (χ4v) is 4.31. The quantitative estimate of drug-likeness (QED) is 0.251. The summed E-state index contributed by atoms with van der Waals surface area (Å²) in [4.78, 5) is 9.34. The molecule has 1 saturated heterocycles. The highest BCUT2D eigenvalue weighted by Crippen LogP contribution is 2.37. The van der Waals surface area contributed by atoms with E-state index in [1.807, 2.05) is 48.5 Å². The fraction of sp³-hybridized carbons (Fsp3) is 0.250. The lowest BCUT2D eigenvalue weighted by Gasteiger charge is -2.39.